The van der Waals surface area contributed by atoms with Gasteiger partial charge in [0.15, 0.2) is 0 Å². The number of alkyl halides is 3. The highest BCUT2D eigenvalue weighted by Crippen LogP contribution is 2.44. The summed E-state index contributed by atoms with van der Waals surface area (Å²) >= 11 is 0. The van der Waals surface area contributed by atoms with Gasteiger partial charge in [0, 0.05) is 23.1 Å². The molecule has 0 aliphatic heterocycles. The molecule has 0 saturated heterocycles. The van der Waals surface area contributed by atoms with Crippen LogP contribution < -0.4 is 5.73 Å². The van der Waals surface area contributed by atoms with Crippen LogP contribution in [0.1, 0.15) is 60.0 Å². The lowest BCUT2D eigenvalue weighted by Gasteiger charge is -2.43. The van der Waals surface area contributed by atoms with Gasteiger partial charge in [0.25, 0.3) is 5.91 Å². The number of benzene rings is 2. The number of ether oxygens (including phenoxy) is 1. The number of amides is 2. The number of primary amides is 1. The van der Waals surface area contributed by atoms with E-state index in [0.717, 1.165) is 30.5 Å². The van der Waals surface area contributed by atoms with Crippen molar-refractivity contribution >= 4 is 12.0 Å². The molecular weight excluding hydrogens is 508 g/mol. The van der Waals surface area contributed by atoms with Crippen molar-refractivity contribution in [2.45, 2.75) is 67.8 Å². The van der Waals surface area contributed by atoms with Crippen LogP contribution in [0.3, 0.4) is 0 Å². The Labute approximate surface area is 217 Å². The van der Waals surface area contributed by atoms with Gasteiger partial charge in [-0.1, -0.05) is 24.3 Å². The summed E-state index contributed by atoms with van der Waals surface area (Å²) in [5, 5.41) is 19.2. The van der Waals surface area contributed by atoms with E-state index in [1.165, 1.54) is 24.3 Å². The molecule has 2 aliphatic rings. The number of aliphatic hydroxyl groups is 2. The van der Waals surface area contributed by atoms with Gasteiger partial charge in [0.2, 0.25) is 5.60 Å². The maximum absolute atomic E-state index is 13.5. The number of nitrogens with zero attached hydrogens (tertiary/aromatic N) is 1. The smallest absolute Gasteiger partial charge is 0.423 e. The van der Waals surface area contributed by atoms with Crippen LogP contribution in [0.2, 0.25) is 0 Å². The van der Waals surface area contributed by atoms with E-state index in [9.17, 15) is 37.4 Å². The summed E-state index contributed by atoms with van der Waals surface area (Å²) in [4.78, 5) is 26.6. The van der Waals surface area contributed by atoms with Crippen LogP contribution in [0.25, 0.3) is 0 Å². The number of hydrogen-bond acceptors (Lipinski definition) is 5. The molecule has 2 aromatic carbocycles. The summed E-state index contributed by atoms with van der Waals surface area (Å²) in [5.74, 6) is -0.719. The second-order valence-electron chi connectivity index (χ2n) is 10.2. The molecule has 0 aromatic heterocycles. The Morgan fingerprint density at radius 2 is 1.53 bits per heavy atom. The van der Waals surface area contributed by atoms with E-state index in [2.05, 4.69) is 0 Å². The summed E-state index contributed by atoms with van der Waals surface area (Å²) < 4.78 is 58.6. The lowest BCUT2D eigenvalue weighted by atomic mass is 9.68. The fraction of sp³-hybridized carbons (Fsp3) is 0.481. The summed E-state index contributed by atoms with van der Waals surface area (Å²) in [7, 11) is 0. The molecule has 206 valence electrons. The zero-order valence-corrected chi connectivity index (χ0v) is 20.6. The van der Waals surface area contributed by atoms with Gasteiger partial charge in [-0.15, -0.1) is 0 Å². The molecule has 2 aromatic rings. The molecule has 7 nitrogen and oxygen atoms in total. The molecule has 1 unspecified atom stereocenters. The largest absolute Gasteiger partial charge is 0.449 e. The summed E-state index contributed by atoms with van der Waals surface area (Å²) in [6.07, 6.45) is -2.16. The predicted octanol–water partition coefficient (Wildman–Crippen LogP) is 4.15. The number of rotatable bonds is 8. The van der Waals surface area contributed by atoms with Crippen molar-refractivity contribution in [1.29, 1.82) is 0 Å². The van der Waals surface area contributed by atoms with E-state index in [0.29, 0.717) is 25.7 Å². The third kappa shape index (κ3) is 5.49. The van der Waals surface area contributed by atoms with Crippen LogP contribution in [-0.4, -0.2) is 58.6 Å². The average molecular weight is 539 g/mol. The van der Waals surface area contributed by atoms with Gasteiger partial charge in [-0.2, -0.15) is 13.2 Å². The zero-order valence-electron chi connectivity index (χ0n) is 20.6. The normalized spacial score (nSPS) is 23.4. The molecule has 0 heterocycles. The van der Waals surface area contributed by atoms with Crippen LogP contribution in [0.15, 0.2) is 48.5 Å². The Hall–Kier alpha value is -3.18. The molecule has 4 N–H and O–H groups in total. The maximum Gasteiger partial charge on any atom is 0.423 e. The van der Waals surface area contributed by atoms with Crippen molar-refractivity contribution in [3.8, 4) is 0 Å². The van der Waals surface area contributed by atoms with Gasteiger partial charge in [-0.25, -0.2) is 9.18 Å². The maximum atomic E-state index is 13.5. The standard InChI is InChI=1S/C27H30F4N2O5/c28-20-7-5-18(6-8-20)25(16-38-24(32)36)13-11-22(12-14-25)33(21-9-10-21)23(35)17-1-3-19(4-2-17)26(37,15-34)27(29,30)31/h1-8,21-22,34,37H,9-16H2,(H2,32,36). The molecule has 2 fully saturated rings. The Morgan fingerprint density at radius 1 is 0.974 bits per heavy atom. The SMILES string of the molecule is NC(=O)OCC1(c2ccc(F)cc2)CCC(N(C(=O)c2ccc(C(O)(CO)C(F)(F)F)cc2)C2CC2)CC1. The van der Waals surface area contributed by atoms with E-state index < -0.39 is 41.3 Å². The number of halogens is 4. The van der Waals surface area contributed by atoms with Gasteiger partial charge < -0.3 is 25.6 Å². The highest BCUT2D eigenvalue weighted by molar-refractivity contribution is 5.95. The number of nitrogens with two attached hydrogens (primary N) is 1. The summed E-state index contributed by atoms with van der Waals surface area (Å²) in [5.41, 5.74) is 1.61. The Kier molecular flexibility index (Phi) is 7.72. The van der Waals surface area contributed by atoms with Crippen LogP contribution in [0.4, 0.5) is 22.4 Å². The lowest BCUT2D eigenvalue weighted by molar-refractivity contribution is -0.277. The van der Waals surface area contributed by atoms with Crippen LogP contribution in [0.5, 0.6) is 0 Å². The fourth-order valence-electron chi connectivity index (χ4n) is 5.33. The van der Waals surface area contributed by atoms with E-state index in [4.69, 9.17) is 10.5 Å². The highest BCUT2D eigenvalue weighted by Gasteiger charge is 2.54. The minimum absolute atomic E-state index is 0.0110. The van der Waals surface area contributed by atoms with Crippen molar-refractivity contribution in [2.24, 2.45) is 5.73 Å². The Balaban J connectivity index is 1.53. The topological polar surface area (TPSA) is 113 Å². The molecule has 2 amide bonds. The van der Waals surface area contributed by atoms with Crippen LogP contribution in [0, 0.1) is 5.82 Å². The minimum Gasteiger partial charge on any atom is -0.449 e. The Bertz CT molecular complexity index is 1140. The molecule has 0 bridgehead atoms. The van der Waals surface area contributed by atoms with Gasteiger partial charge in [-0.3, -0.25) is 4.79 Å². The molecule has 0 spiro atoms. The quantitative estimate of drug-likeness (QED) is 0.437. The average Bonchev–Trinajstić information content (AvgIpc) is 3.73. The van der Waals surface area contributed by atoms with E-state index in [1.807, 2.05) is 0 Å². The second-order valence-corrected chi connectivity index (χ2v) is 10.2. The fourth-order valence-corrected chi connectivity index (χ4v) is 5.33. The number of carbonyl (C=O) groups is 2. The first-order valence-electron chi connectivity index (χ1n) is 12.4. The number of hydrogen-bond donors (Lipinski definition) is 3. The van der Waals surface area contributed by atoms with Crippen LogP contribution in [-0.2, 0) is 15.8 Å². The van der Waals surface area contributed by atoms with Gasteiger partial charge in [0.05, 0.1) is 6.61 Å². The monoisotopic (exact) mass is 538 g/mol. The molecule has 38 heavy (non-hydrogen) atoms. The third-order valence-corrected chi connectivity index (χ3v) is 7.73. The molecule has 0 radical (unpaired) electrons. The molecule has 2 aliphatic carbocycles. The first-order chi connectivity index (χ1) is 17.9. The molecule has 11 heteroatoms. The number of carbonyl (C=O) groups excluding carboxylic acids is 2. The van der Waals surface area contributed by atoms with E-state index >= 15 is 0 Å². The highest BCUT2D eigenvalue weighted by atomic mass is 19.4. The molecule has 1 atom stereocenters. The molecule has 2 saturated carbocycles. The Morgan fingerprint density at radius 3 is 2.00 bits per heavy atom. The second kappa shape index (κ2) is 10.5. The summed E-state index contributed by atoms with van der Waals surface area (Å²) in [6.45, 7) is -1.53. The van der Waals surface area contributed by atoms with Gasteiger partial charge in [0.1, 0.15) is 12.4 Å². The van der Waals surface area contributed by atoms with E-state index in [1.54, 1.807) is 17.0 Å². The lowest BCUT2D eigenvalue weighted by Crippen LogP contribution is -2.48. The molecular formula is C27H30F4N2O5. The van der Waals surface area contributed by atoms with Crippen molar-refractivity contribution < 1.29 is 42.1 Å². The molecule has 4 rings (SSSR count). The summed E-state index contributed by atoms with van der Waals surface area (Å²) in [6, 6.07) is 10.3. The van der Waals surface area contributed by atoms with Gasteiger partial charge in [-0.05, 0) is 73.9 Å². The minimum atomic E-state index is -5.09. The van der Waals surface area contributed by atoms with Crippen molar-refractivity contribution in [3.05, 3.63) is 71.0 Å². The van der Waals surface area contributed by atoms with Crippen LogP contribution >= 0.6 is 0 Å². The number of aliphatic hydroxyl groups excluding tert-OH is 1. The van der Waals surface area contributed by atoms with Gasteiger partial charge >= 0.3 is 12.3 Å². The van der Waals surface area contributed by atoms with Crippen molar-refractivity contribution in [2.75, 3.05) is 13.2 Å². The zero-order chi connectivity index (χ0) is 27.7. The predicted molar refractivity (Wildman–Crippen MR) is 129 cm³/mol. The van der Waals surface area contributed by atoms with E-state index in [-0.39, 0.29) is 30.2 Å². The van der Waals surface area contributed by atoms with Crippen molar-refractivity contribution in [1.82, 2.24) is 4.90 Å². The first-order valence-corrected chi connectivity index (χ1v) is 12.4. The third-order valence-electron chi connectivity index (χ3n) is 7.73. The van der Waals surface area contributed by atoms with Crippen molar-refractivity contribution in [3.63, 3.8) is 0 Å². The first kappa shape index (κ1) is 27.8.